The van der Waals surface area contributed by atoms with Gasteiger partial charge in [-0.15, -0.1) is 0 Å². The molecule has 1 amide bonds. The Kier molecular flexibility index (Phi) is 3.11. The van der Waals surface area contributed by atoms with E-state index >= 15 is 0 Å². The lowest BCUT2D eigenvalue weighted by molar-refractivity contribution is 0.0981. The second kappa shape index (κ2) is 4.78. The van der Waals surface area contributed by atoms with Gasteiger partial charge in [-0.25, -0.2) is 4.98 Å². The Morgan fingerprint density at radius 3 is 2.95 bits per heavy atom. The van der Waals surface area contributed by atoms with Crippen molar-refractivity contribution < 1.29 is 4.79 Å². The molecule has 1 atom stereocenters. The summed E-state index contributed by atoms with van der Waals surface area (Å²) in [5, 5.41) is 0. The highest BCUT2D eigenvalue weighted by molar-refractivity contribution is 9.10. The number of amides is 1. The van der Waals surface area contributed by atoms with Gasteiger partial charge in [-0.3, -0.25) is 4.79 Å². The predicted octanol–water partition coefficient (Wildman–Crippen LogP) is 3.44. The number of pyridine rings is 1. The highest BCUT2D eigenvalue weighted by atomic mass is 79.9. The monoisotopic (exact) mass is 316 g/mol. The molecule has 0 spiro atoms. The summed E-state index contributed by atoms with van der Waals surface area (Å²) < 4.78 is 0.679. The number of benzene rings is 1. The zero-order valence-corrected chi connectivity index (χ0v) is 12.1. The zero-order valence-electron chi connectivity index (χ0n) is 10.5. The molecule has 3 rings (SSSR count). The van der Waals surface area contributed by atoms with Crippen LogP contribution in [0.1, 0.15) is 22.8 Å². The van der Waals surface area contributed by atoms with Crippen molar-refractivity contribution in [2.24, 2.45) is 0 Å². The average Bonchev–Trinajstić information content (AvgIpc) is 2.74. The first-order chi connectivity index (χ1) is 9.16. The fourth-order valence-corrected chi connectivity index (χ4v) is 2.91. The summed E-state index contributed by atoms with van der Waals surface area (Å²) in [6.07, 6.45) is 2.55. The molecule has 1 aliphatic heterocycles. The summed E-state index contributed by atoms with van der Waals surface area (Å²) in [5.74, 6) is 0.0283. The van der Waals surface area contributed by atoms with Crippen LogP contribution in [0.4, 0.5) is 5.69 Å². The molecular formula is C15H13BrN2O. The van der Waals surface area contributed by atoms with Gasteiger partial charge in [0.05, 0.1) is 0 Å². The van der Waals surface area contributed by atoms with Crippen molar-refractivity contribution in [2.45, 2.75) is 19.4 Å². The SMILES string of the molecule is CC1Cc2ccccc2N1C(=O)c1ccnc(Br)c1. The number of halogens is 1. The van der Waals surface area contributed by atoms with Crippen molar-refractivity contribution in [3.63, 3.8) is 0 Å². The van der Waals surface area contributed by atoms with E-state index in [-0.39, 0.29) is 11.9 Å². The fourth-order valence-electron chi connectivity index (χ4n) is 2.55. The number of carbonyl (C=O) groups is 1. The van der Waals surface area contributed by atoms with Gasteiger partial charge in [-0.05, 0) is 53.0 Å². The number of nitrogens with zero attached hydrogens (tertiary/aromatic N) is 2. The summed E-state index contributed by atoms with van der Waals surface area (Å²) in [5.41, 5.74) is 2.91. The lowest BCUT2D eigenvalue weighted by atomic mass is 10.1. The first-order valence-corrected chi connectivity index (χ1v) is 6.99. The van der Waals surface area contributed by atoms with E-state index in [0.29, 0.717) is 10.2 Å². The maximum absolute atomic E-state index is 12.6. The van der Waals surface area contributed by atoms with Gasteiger partial charge in [0.2, 0.25) is 0 Å². The molecule has 0 saturated heterocycles. The number of rotatable bonds is 1. The molecule has 96 valence electrons. The highest BCUT2D eigenvalue weighted by Gasteiger charge is 2.31. The molecular weight excluding hydrogens is 304 g/mol. The number of fused-ring (bicyclic) bond motifs is 1. The number of hydrogen-bond donors (Lipinski definition) is 0. The minimum Gasteiger partial charge on any atom is -0.305 e. The lowest BCUT2D eigenvalue weighted by Gasteiger charge is -2.22. The molecule has 0 aliphatic carbocycles. The Morgan fingerprint density at radius 2 is 2.16 bits per heavy atom. The standard InChI is InChI=1S/C15H13BrN2O/c1-10-8-11-4-2-3-5-13(11)18(10)15(19)12-6-7-17-14(16)9-12/h2-7,9-10H,8H2,1H3. The van der Waals surface area contributed by atoms with E-state index in [9.17, 15) is 4.79 Å². The molecule has 1 aliphatic rings. The van der Waals surface area contributed by atoms with Crippen LogP contribution in [0, 0.1) is 0 Å². The summed E-state index contributed by atoms with van der Waals surface area (Å²) in [4.78, 5) is 18.6. The van der Waals surface area contributed by atoms with Crippen molar-refractivity contribution >= 4 is 27.5 Å². The van der Waals surface area contributed by atoms with E-state index in [4.69, 9.17) is 0 Å². The van der Waals surface area contributed by atoms with Gasteiger partial charge in [-0.1, -0.05) is 18.2 Å². The fraction of sp³-hybridized carbons (Fsp3) is 0.200. The quantitative estimate of drug-likeness (QED) is 0.755. The van der Waals surface area contributed by atoms with Gasteiger partial charge in [0.25, 0.3) is 5.91 Å². The summed E-state index contributed by atoms with van der Waals surface area (Å²) in [6, 6.07) is 11.8. The molecule has 1 aromatic carbocycles. The van der Waals surface area contributed by atoms with E-state index in [0.717, 1.165) is 12.1 Å². The molecule has 4 heteroatoms. The van der Waals surface area contributed by atoms with Gasteiger partial charge in [0.1, 0.15) is 4.60 Å². The van der Waals surface area contributed by atoms with Crippen molar-refractivity contribution in [3.05, 3.63) is 58.3 Å². The zero-order chi connectivity index (χ0) is 13.4. The van der Waals surface area contributed by atoms with Gasteiger partial charge < -0.3 is 4.90 Å². The smallest absolute Gasteiger partial charge is 0.258 e. The maximum Gasteiger partial charge on any atom is 0.258 e. The third-order valence-electron chi connectivity index (χ3n) is 3.40. The van der Waals surface area contributed by atoms with Crippen LogP contribution in [-0.4, -0.2) is 16.9 Å². The predicted molar refractivity (Wildman–Crippen MR) is 78.4 cm³/mol. The molecule has 2 aromatic rings. The number of aromatic nitrogens is 1. The molecule has 2 heterocycles. The molecule has 3 nitrogen and oxygen atoms in total. The third-order valence-corrected chi connectivity index (χ3v) is 3.83. The normalized spacial score (nSPS) is 17.4. The molecule has 0 radical (unpaired) electrons. The van der Waals surface area contributed by atoms with Crippen LogP contribution in [0.25, 0.3) is 0 Å². The first-order valence-electron chi connectivity index (χ1n) is 6.20. The van der Waals surface area contributed by atoms with Crippen LogP contribution < -0.4 is 4.90 Å². The number of carbonyl (C=O) groups excluding carboxylic acids is 1. The van der Waals surface area contributed by atoms with Crippen molar-refractivity contribution in [1.29, 1.82) is 0 Å². The third kappa shape index (κ3) is 2.16. The minimum absolute atomic E-state index is 0.0283. The number of para-hydroxylation sites is 1. The van der Waals surface area contributed by atoms with E-state index in [2.05, 4.69) is 33.9 Å². The van der Waals surface area contributed by atoms with Gasteiger partial charge in [0, 0.05) is 23.5 Å². The van der Waals surface area contributed by atoms with Crippen molar-refractivity contribution in [3.8, 4) is 0 Å². The van der Waals surface area contributed by atoms with Crippen LogP contribution in [0.3, 0.4) is 0 Å². The largest absolute Gasteiger partial charge is 0.305 e. The topological polar surface area (TPSA) is 33.2 Å². The van der Waals surface area contributed by atoms with E-state index in [1.807, 2.05) is 23.1 Å². The molecule has 0 bridgehead atoms. The van der Waals surface area contributed by atoms with Crippen LogP contribution in [0.2, 0.25) is 0 Å². The number of hydrogen-bond acceptors (Lipinski definition) is 2. The van der Waals surface area contributed by atoms with Crippen molar-refractivity contribution in [1.82, 2.24) is 4.98 Å². The number of anilines is 1. The van der Waals surface area contributed by atoms with Crippen molar-refractivity contribution in [2.75, 3.05) is 4.90 Å². The first kappa shape index (κ1) is 12.4. The molecule has 0 saturated carbocycles. The van der Waals surface area contributed by atoms with Crippen LogP contribution >= 0.6 is 15.9 Å². The second-order valence-electron chi connectivity index (χ2n) is 4.72. The Morgan fingerprint density at radius 1 is 1.37 bits per heavy atom. The molecule has 1 unspecified atom stereocenters. The van der Waals surface area contributed by atoms with Crippen LogP contribution in [0.15, 0.2) is 47.2 Å². The van der Waals surface area contributed by atoms with Gasteiger partial charge in [-0.2, -0.15) is 0 Å². The van der Waals surface area contributed by atoms with E-state index in [1.54, 1.807) is 18.3 Å². The average molecular weight is 317 g/mol. The molecule has 0 fully saturated rings. The lowest BCUT2D eigenvalue weighted by Crippen LogP contribution is -2.35. The second-order valence-corrected chi connectivity index (χ2v) is 5.54. The Hall–Kier alpha value is -1.68. The summed E-state index contributed by atoms with van der Waals surface area (Å²) >= 11 is 3.30. The Balaban J connectivity index is 2.01. The van der Waals surface area contributed by atoms with Crippen LogP contribution in [0.5, 0.6) is 0 Å². The summed E-state index contributed by atoms with van der Waals surface area (Å²) in [6.45, 7) is 2.08. The van der Waals surface area contributed by atoms with Gasteiger partial charge in [0.15, 0.2) is 0 Å². The Bertz CT molecular complexity index is 642. The molecule has 19 heavy (non-hydrogen) atoms. The Labute approximate surface area is 120 Å². The van der Waals surface area contributed by atoms with E-state index in [1.165, 1.54) is 5.56 Å². The molecule has 0 N–H and O–H groups in total. The maximum atomic E-state index is 12.6. The van der Waals surface area contributed by atoms with Crippen LogP contribution in [-0.2, 0) is 6.42 Å². The van der Waals surface area contributed by atoms with E-state index < -0.39 is 0 Å². The highest BCUT2D eigenvalue weighted by Crippen LogP contribution is 2.33. The summed E-state index contributed by atoms with van der Waals surface area (Å²) in [7, 11) is 0. The minimum atomic E-state index is 0.0283. The van der Waals surface area contributed by atoms with Gasteiger partial charge >= 0.3 is 0 Å². The molecule has 1 aromatic heterocycles.